The second kappa shape index (κ2) is 10.9. The number of hydrogen-bond acceptors (Lipinski definition) is 7. The summed E-state index contributed by atoms with van der Waals surface area (Å²) in [5.41, 5.74) is 4.06. The van der Waals surface area contributed by atoms with E-state index in [4.69, 9.17) is 4.74 Å². The fourth-order valence-electron chi connectivity index (χ4n) is 5.33. The Labute approximate surface area is 224 Å². The minimum Gasteiger partial charge on any atom is -0.491 e. The Kier molecular flexibility index (Phi) is 8.26. The minimum absolute atomic E-state index is 0.00554. The number of sulfone groups is 1. The maximum Gasteiger partial charge on any atom is 0.254 e. The molecule has 1 aliphatic heterocycles. The van der Waals surface area contributed by atoms with Gasteiger partial charge in [-0.3, -0.25) is 4.79 Å². The van der Waals surface area contributed by atoms with E-state index in [0.29, 0.717) is 17.9 Å². The van der Waals surface area contributed by atoms with Gasteiger partial charge in [0.15, 0.2) is 9.84 Å². The second-order valence-corrected chi connectivity index (χ2v) is 15.1. The highest BCUT2D eigenvalue weighted by molar-refractivity contribution is 7.91. The average Bonchev–Trinajstić information content (AvgIpc) is 3.33. The van der Waals surface area contributed by atoms with Crippen LogP contribution in [0.15, 0.2) is 18.2 Å². The molecule has 2 aliphatic rings. The Balaban J connectivity index is 1.48. The largest absolute Gasteiger partial charge is 0.491 e. The molecule has 3 unspecified atom stereocenters. The molecule has 204 valence electrons. The number of rotatable bonds is 8. The first-order valence-electron chi connectivity index (χ1n) is 13.1. The fraction of sp³-hybridized carbons (Fsp3) is 0.607. The summed E-state index contributed by atoms with van der Waals surface area (Å²) >= 11 is 1.59. The van der Waals surface area contributed by atoms with Crippen molar-refractivity contribution in [3.63, 3.8) is 0 Å². The maximum atomic E-state index is 13.4. The Bertz CT molecular complexity index is 1230. The predicted molar refractivity (Wildman–Crippen MR) is 150 cm³/mol. The number of amides is 1. The van der Waals surface area contributed by atoms with E-state index in [0.717, 1.165) is 46.7 Å². The molecule has 1 aliphatic carbocycles. The number of aliphatic hydroxyl groups excluding tert-OH is 1. The number of benzene rings is 1. The first-order valence-corrected chi connectivity index (χ1v) is 15.7. The van der Waals surface area contributed by atoms with E-state index < -0.39 is 15.9 Å². The number of fused-ring (bicyclic) bond motifs is 1. The Morgan fingerprint density at radius 1 is 1.19 bits per heavy atom. The fourth-order valence-corrected chi connectivity index (χ4v) is 8.34. The van der Waals surface area contributed by atoms with Crippen LogP contribution in [0.3, 0.4) is 0 Å². The highest BCUT2D eigenvalue weighted by Crippen LogP contribution is 2.44. The molecule has 3 N–H and O–H groups in total. The second-order valence-electron chi connectivity index (χ2n) is 11.8. The lowest BCUT2D eigenvalue weighted by atomic mass is 9.72. The maximum absolute atomic E-state index is 13.4. The molecule has 1 fully saturated rings. The summed E-state index contributed by atoms with van der Waals surface area (Å²) in [5, 5.41) is 17.7. The summed E-state index contributed by atoms with van der Waals surface area (Å²) in [5.74, 6) is 1.14. The van der Waals surface area contributed by atoms with E-state index in [-0.39, 0.29) is 42.0 Å². The van der Waals surface area contributed by atoms with Crippen molar-refractivity contribution in [2.45, 2.75) is 72.4 Å². The number of ether oxygens (including phenoxy) is 1. The summed E-state index contributed by atoms with van der Waals surface area (Å²) in [6.45, 7) is 11.2. The van der Waals surface area contributed by atoms with Gasteiger partial charge in [0.2, 0.25) is 0 Å². The Morgan fingerprint density at radius 3 is 2.51 bits per heavy atom. The van der Waals surface area contributed by atoms with E-state index in [1.165, 1.54) is 4.88 Å². The monoisotopic (exact) mass is 548 g/mol. The van der Waals surface area contributed by atoms with Crippen LogP contribution < -0.4 is 15.4 Å². The van der Waals surface area contributed by atoms with Crippen molar-refractivity contribution in [3.05, 3.63) is 45.3 Å². The number of hydrogen-bond donors (Lipinski definition) is 3. The van der Waals surface area contributed by atoms with Crippen LogP contribution in [0.4, 0.5) is 5.00 Å². The van der Waals surface area contributed by atoms with Gasteiger partial charge in [-0.25, -0.2) is 8.42 Å². The van der Waals surface area contributed by atoms with Crippen LogP contribution in [0.1, 0.15) is 65.5 Å². The van der Waals surface area contributed by atoms with Crippen molar-refractivity contribution in [2.24, 2.45) is 11.3 Å². The van der Waals surface area contributed by atoms with E-state index >= 15 is 0 Å². The third-order valence-corrected chi connectivity index (χ3v) is 10.4. The van der Waals surface area contributed by atoms with Crippen molar-refractivity contribution >= 4 is 32.1 Å². The molecule has 3 atom stereocenters. The van der Waals surface area contributed by atoms with Crippen LogP contribution in [-0.2, 0) is 22.7 Å². The first-order chi connectivity index (χ1) is 17.3. The molecule has 0 bridgehead atoms. The number of carbonyl (C=O) groups is 1. The summed E-state index contributed by atoms with van der Waals surface area (Å²) in [6.07, 6.45) is 2.43. The molecule has 0 spiro atoms. The molecule has 9 heteroatoms. The molecule has 37 heavy (non-hydrogen) atoms. The molecule has 1 amide bonds. The smallest absolute Gasteiger partial charge is 0.254 e. The lowest BCUT2D eigenvalue weighted by Gasteiger charge is -2.33. The van der Waals surface area contributed by atoms with Crippen molar-refractivity contribution in [1.29, 1.82) is 0 Å². The van der Waals surface area contributed by atoms with Crippen molar-refractivity contribution < 1.29 is 23.1 Å². The molecule has 7 nitrogen and oxygen atoms in total. The first kappa shape index (κ1) is 27.9. The van der Waals surface area contributed by atoms with Gasteiger partial charge in [0, 0.05) is 17.5 Å². The van der Waals surface area contributed by atoms with Gasteiger partial charge in [0.25, 0.3) is 5.91 Å². The van der Waals surface area contributed by atoms with Gasteiger partial charge >= 0.3 is 0 Å². The summed E-state index contributed by atoms with van der Waals surface area (Å²) in [7, 11) is -3.09. The summed E-state index contributed by atoms with van der Waals surface area (Å²) < 4.78 is 29.6. The normalized spacial score (nSPS) is 21.8. The van der Waals surface area contributed by atoms with Gasteiger partial charge in [-0.2, -0.15) is 0 Å². The quantitative estimate of drug-likeness (QED) is 0.455. The van der Waals surface area contributed by atoms with E-state index in [1.807, 2.05) is 26.0 Å². The molecule has 0 radical (unpaired) electrons. The third-order valence-electron chi connectivity index (χ3n) is 7.42. The average molecular weight is 549 g/mol. The number of anilines is 1. The zero-order valence-corrected chi connectivity index (χ0v) is 24.2. The molecule has 1 aromatic heterocycles. The van der Waals surface area contributed by atoms with Gasteiger partial charge in [-0.1, -0.05) is 26.8 Å². The zero-order chi connectivity index (χ0) is 27.0. The topological polar surface area (TPSA) is 105 Å². The van der Waals surface area contributed by atoms with Crippen molar-refractivity contribution in [1.82, 2.24) is 5.32 Å². The highest BCUT2D eigenvalue weighted by Gasteiger charge is 2.35. The SMILES string of the molecule is Cc1cc(C)cc(OCC(O)CNc2sc3c(c2C(=O)NC2CCS(=O)(=O)C2)CCC(C(C)(C)C)C3)c1. The van der Waals surface area contributed by atoms with Crippen molar-refractivity contribution in [3.8, 4) is 5.75 Å². The number of thiophene rings is 1. The molecule has 1 aromatic carbocycles. The number of aliphatic hydroxyl groups is 1. The molecule has 0 saturated carbocycles. The number of nitrogens with one attached hydrogen (secondary N) is 2. The molecule has 1 saturated heterocycles. The predicted octanol–water partition coefficient (Wildman–Crippen LogP) is 4.28. The van der Waals surface area contributed by atoms with Gasteiger partial charge in [-0.05, 0) is 79.7 Å². The zero-order valence-electron chi connectivity index (χ0n) is 22.5. The van der Waals surface area contributed by atoms with E-state index in [9.17, 15) is 18.3 Å². The van der Waals surface area contributed by atoms with Crippen LogP contribution in [0.25, 0.3) is 0 Å². The number of aryl methyl sites for hydroxylation is 2. The molecular weight excluding hydrogens is 508 g/mol. The number of carbonyl (C=O) groups excluding carboxylic acids is 1. The lowest BCUT2D eigenvalue weighted by Crippen LogP contribution is -2.36. The van der Waals surface area contributed by atoms with Gasteiger partial charge < -0.3 is 20.5 Å². The van der Waals surface area contributed by atoms with Gasteiger partial charge in [0.1, 0.15) is 23.5 Å². The van der Waals surface area contributed by atoms with Crippen LogP contribution in [0, 0.1) is 25.2 Å². The standard InChI is InChI=1S/C28H40N2O5S2/c1-17-10-18(2)12-22(11-17)35-15-21(31)14-29-27-25(26(32)30-20-8-9-37(33,34)16-20)23-7-6-19(28(3,4)5)13-24(23)36-27/h10-12,19-21,29,31H,6-9,13-16H2,1-5H3,(H,30,32). The van der Waals surface area contributed by atoms with Crippen LogP contribution in [0.5, 0.6) is 5.75 Å². The summed E-state index contributed by atoms with van der Waals surface area (Å²) in [4.78, 5) is 14.6. The molecular formula is C28H40N2O5S2. The summed E-state index contributed by atoms with van der Waals surface area (Å²) in [6, 6.07) is 5.60. The Hall–Kier alpha value is -2.10. The van der Waals surface area contributed by atoms with Crippen LogP contribution in [-0.4, -0.2) is 56.2 Å². The Morgan fingerprint density at radius 2 is 1.89 bits per heavy atom. The minimum atomic E-state index is -3.09. The van der Waals surface area contributed by atoms with E-state index in [1.54, 1.807) is 11.3 Å². The molecule has 2 aromatic rings. The lowest BCUT2D eigenvalue weighted by molar-refractivity contribution is 0.0940. The third kappa shape index (κ3) is 7.06. The van der Waals surface area contributed by atoms with Gasteiger partial charge in [0.05, 0.1) is 17.1 Å². The van der Waals surface area contributed by atoms with Crippen molar-refractivity contribution in [2.75, 3.05) is 30.0 Å². The van der Waals surface area contributed by atoms with E-state index in [2.05, 4.69) is 37.5 Å². The van der Waals surface area contributed by atoms with Gasteiger partial charge in [-0.15, -0.1) is 11.3 Å². The molecule has 4 rings (SSSR count). The molecule has 2 heterocycles. The van der Waals surface area contributed by atoms with Crippen LogP contribution in [0.2, 0.25) is 0 Å². The highest BCUT2D eigenvalue weighted by atomic mass is 32.2. The van der Waals surface area contributed by atoms with Crippen LogP contribution >= 0.6 is 11.3 Å².